The number of ether oxygens (including phenoxy) is 3. The van der Waals surface area contributed by atoms with Crippen molar-refractivity contribution in [3.05, 3.63) is 0 Å². The predicted molar refractivity (Wildman–Crippen MR) is 91.0 cm³/mol. The van der Waals surface area contributed by atoms with Gasteiger partial charge in [0.15, 0.2) is 0 Å². The summed E-state index contributed by atoms with van der Waals surface area (Å²) in [5, 5.41) is 0. The lowest BCUT2D eigenvalue weighted by molar-refractivity contribution is -0.355. The van der Waals surface area contributed by atoms with Crippen LogP contribution in [0.1, 0.15) is 70.6 Å². The third kappa shape index (κ3) is 12.8. The molecule has 0 bridgehead atoms. The summed E-state index contributed by atoms with van der Waals surface area (Å²) in [4.78, 5) is 0. The second-order valence-corrected chi connectivity index (χ2v) is 7.44. The van der Waals surface area contributed by atoms with Gasteiger partial charge in [0.1, 0.15) is 0 Å². The van der Waals surface area contributed by atoms with Gasteiger partial charge in [0.2, 0.25) is 0 Å². The quantitative estimate of drug-likeness (QED) is 0.258. The van der Waals surface area contributed by atoms with E-state index in [0.29, 0.717) is 6.42 Å². The minimum Gasteiger partial charge on any atom is -0.331 e. The van der Waals surface area contributed by atoms with Gasteiger partial charge in [-0.2, -0.15) is 8.42 Å². The molecule has 6 nitrogen and oxygen atoms in total. The Hall–Kier alpha value is -0.210. The van der Waals surface area contributed by atoms with Crippen LogP contribution in [0.4, 0.5) is 0 Å². The molecule has 0 saturated carbocycles. The van der Waals surface area contributed by atoms with E-state index >= 15 is 0 Å². The first-order valence-corrected chi connectivity index (χ1v) is 10.1. The third-order valence-electron chi connectivity index (χ3n) is 4.07. The van der Waals surface area contributed by atoms with Crippen LogP contribution in [0.25, 0.3) is 0 Å². The minimum absolute atomic E-state index is 0.112. The fraction of sp³-hybridized carbons (Fsp3) is 1.00. The molecule has 1 N–H and O–H groups in total. The lowest BCUT2D eigenvalue weighted by atomic mass is 10.1. The zero-order chi connectivity index (χ0) is 17.6. The Labute approximate surface area is 141 Å². The maximum atomic E-state index is 10.5. The Kier molecular flexibility index (Phi) is 13.0. The fourth-order valence-corrected chi connectivity index (χ4v) is 3.17. The summed E-state index contributed by atoms with van der Waals surface area (Å²) in [6.45, 7) is 0. The summed E-state index contributed by atoms with van der Waals surface area (Å²) < 4.78 is 45.4. The number of hydrogen-bond donors (Lipinski definition) is 1. The summed E-state index contributed by atoms with van der Waals surface area (Å²) in [5.41, 5.74) is 0. The summed E-state index contributed by atoms with van der Waals surface area (Å²) >= 11 is 0. The molecule has 0 unspecified atom stereocenters. The highest BCUT2D eigenvalue weighted by Gasteiger charge is 2.28. The van der Waals surface area contributed by atoms with Gasteiger partial charge in [-0.1, -0.05) is 51.4 Å². The average molecular weight is 355 g/mol. The van der Waals surface area contributed by atoms with Gasteiger partial charge in [0.25, 0.3) is 16.1 Å². The van der Waals surface area contributed by atoms with E-state index < -0.39 is 16.1 Å². The van der Waals surface area contributed by atoms with Crippen LogP contribution in [0.15, 0.2) is 0 Å². The zero-order valence-corrected chi connectivity index (χ0v) is 15.7. The number of methoxy groups -OCH3 is 3. The van der Waals surface area contributed by atoms with Gasteiger partial charge >= 0.3 is 0 Å². The molecule has 0 aromatic heterocycles. The topological polar surface area (TPSA) is 82.1 Å². The second kappa shape index (κ2) is 13.1. The van der Waals surface area contributed by atoms with Crippen molar-refractivity contribution >= 4 is 10.1 Å². The van der Waals surface area contributed by atoms with E-state index in [-0.39, 0.29) is 5.75 Å². The molecule has 0 atom stereocenters. The van der Waals surface area contributed by atoms with E-state index in [4.69, 9.17) is 18.8 Å². The second-order valence-electron chi connectivity index (χ2n) is 5.87. The molecule has 0 aromatic carbocycles. The standard InChI is InChI=1S/C16H34O6S/c1-20-16(21-2,22-3)14-12-10-8-6-4-5-7-9-11-13-15-23(17,18)19/h4-15H2,1-3H3,(H,17,18,19). The zero-order valence-electron chi connectivity index (χ0n) is 14.9. The van der Waals surface area contributed by atoms with E-state index in [2.05, 4.69) is 0 Å². The Bertz CT molecular complexity index is 357. The van der Waals surface area contributed by atoms with Gasteiger partial charge in [-0.25, -0.2) is 0 Å². The molecule has 0 heterocycles. The van der Waals surface area contributed by atoms with Gasteiger partial charge < -0.3 is 14.2 Å². The van der Waals surface area contributed by atoms with Crippen LogP contribution >= 0.6 is 0 Å². The van der Waals surface area contributed by atoms with Gasteiger partial charge in [-0.15, -0.1) is 0 Å². The highest BCUT2D eigenvalue weighted by Crippen LogP contribution is 2.21. The van der Waals surface area contributed by atoms with Crippen molar-refractivity contribution in [1.29, 1.82) is 0 Å². The van der Waals surface area contributed by atoms with Gasteiger partial charge in [-0.05, 0) is 12.8 Å². The highest BCUT2D eigenvalue weighted by atomic mass is 32.2. The summed E-state index contributed by atoms with van der Waals surface area (Å²) in [6.07, 6.45) is 11.3. The van der Waals surface area contributed by atoms with Crippen molar-refractivity contribution in [2.45, 2.75) is 76.6 Å². The van der Waals surface area contributed by atoms with Crippen molar-refractivity contribution in [3.63, 3.8) is 0 Å². The lowest BCUT2D eigenvalue weighted by Gasteiger charge is -2.28. The van der Waals surface area contributed by atoms with Crippen molar-refractivity contribution in [2.24, 2.45) is 0 Å². The predicted octanol–water partition coefficient (Wildman–Crippen LogP) is 3.76. The van der Waals surface area contributed by atoms with Crippen molar-refractivity contribution in [1.82, 2.24) is 0 Å². The van der Waals surface area contributed by atoms with Crippen LogP contribution in [0.2, 0.25) is 0 Å². The third-order valence-corrected chi connectivity index (χ3v) is 4.87. The molecular formula is C16H34O6S. The number of unbranched alkanes of at least 4 members (excludes halogenated alkanes) is 9. The van der Waals surface area contributed by atoms with Crippen molar-refractivity contribution in [2.75, 3.05) is 27.1 Å². The fourth-order valence-electron chi connectivity index (χ4n) is 2.60. The van der Waals surface area contributed by atoms with Crippen LogP contribution in [0, 0.1) is 0 Å². The average Bonchev–Trinajstić information content (AvgIpc) is 2.52. The monoisotopic (exact) mass is 354 g/mol. The van der Waals surface area contributed by atoms with Gasteiger partial charge in [-0.3, -0.25) is 4.55 Å². The van der Waals surface area contributed by atoms with Gasteiger partial charge in [0, 0.05) is 27.8 Å². The highest BCUT2D eigenvalue weighted by molar-refractivity contribution is 7.85. The Morgan fingerprint density at radius 1 is 0.696 bits per heavy atom. The van der Waals surface area contributed by atoms with Crippen LogP contribution in [0.5, 0.6) is 0 Å². The van der Waals surface area contributed by atoms with Crippen LogP contribution in [0.3, 0.4) is 0 Å². The molecule has 23 heavy (non-hydrogen) atoms. The normalized spacial score (nSPS) is 12.7. The Morgan fingerprint density at radius 2 is 1.04 bits per heavy atom. The smallest absolute Gasteiger partial charge is 0.282 e. The summed E-state index contributed by atoms with van der Waals surface area (Å²) in [5.74, 6) is -1.01. The van der Waals surface area contributed by atoms with Gasteiger partial charge in [0.05, 0.1) is 5.75 Å². The van der Waals surface area contributed by atoms with Crippen molar-refractivity contribution < 1.29 is 27.2 Å². The molecular weight excluding hydrogens is 320 g/mol. The molecule has 0 aliphatic rings. The Morgan fingerprint density at radius 3 is 1.39 bits per heavy atom. The van der Waals surface area contributed by atoms with E-state index in [1.807, 2.05) is 0 Å². The molecule has 0 fully saturated rings. The molecule has 0 spiro atoms. The summed E-state index contributed by atoms with van der Waals surface area (Å²) in [6, 6.07) is 0. The molecule has 140 valence electrons. The number of rotatable bonds is 16. The summed E-state index contributed by atoms with van der Waals surface area (Å²) in [7, 11) is 0.981. The van der Waals surface area contributed by atoms with E-state index in [0.717, 1.165) is 38.5 Å². The molecule has 0 amide bonds. The molecule has 7 heteroatoms. The van der Waals surface area contributed by atoms with E-state index in [1.165, 1.54) is 25.7 Å². The molecule has 0 rings (SSSR count). The Balaban J connectivity index is 3.37. The molecule has 0 saturated heterocycles. The minimum atomic E-state index is -3.78. The number of hydrogen-bond acceptors (Lipinski definition) is 5. The van der Waals surface area contributed by atoms with Crippen molar-refractivity contribution in [3.8, 4) is 0 Å². The largest absolute Gasteiger partial charge is 0.331 e. The maximum absolute atomic E-state index is 10.5. The SMILES string of the molecule is COC(CCCCCCCCCCCCS(=O)(=O)O)(OC)OC. The molecule has 0 aromatic rings. The first kappa shape index (κ1) is 22.8. The van der Waals surface area contributed by atoms with Crippen LogP contribution < -0.4 is 0 Å². The molecule has 0 radical (unpaired) electrons. The van der Waals surface area contributed by atoms with Crippen LogP contribution in [-0.2, 0) is 24.3 Å². The first-order chi connectivity index (χ1) is 10.9. The molecule has 0 aliphatic carbocycles. The van der Waals surface area contributed by atoms with Crippen LogP contribution in [-0.4, -0.2) is 46.0 Å². The maximum Gasteiger partial charge on any atom is 0.282 e. The lowest BCUT2D eigenvalue weighted by Crippen LogP contribution is -2.35. The van der Waals surface area contributed by atoms with E-state index in [9.17, 15) is 8.42 Å². The molecule has 0 aliphatic heterocycles. The first-order valence-electron chi connectivity index (χ1n) is 8.50. The van der Waals surface area contributed by atoms with E-state index in [1.54, 1.807) is 21.3 Å².